The predicted molar refractivity (Wildman–Crippen MR) is 113 cm³/mol. The molecule has 0 spiro atoms. The summed E-state index contributed by atoms with van der Waals surface area (Å²) in [6.45, 7) is 1.70. The second kappa shape index (κ2) is 8.44. The van der Waals surface area contributed by atoms with Gasteiger partial charge in [0.25, 0.3) is 5.91 Å². The molecule has 0 radical (unpaired) electrons. The molecule has 1 fully saturated rings. The van der Waals surface area contributed by atoms with E-state index in [0.717, 1.165) is 42.0 Å². The second-order valence-electron chi connectivity index (χ2n) is 6.64. The third-order valence-electron chi connectivity index (χ3n) is 4.73. The van der Waals surface area contributed by atoms with Crippen LogP contribution in [0, 0.1) is 0 Å². The predicted octanol–water partition coefficient (Wildman–Crippen LogP) is 4.48. The van der Waals surface area contributed by atoms with Gasteiger partial charge in [0, 0.05) is 13.1 Å². The number of carbonyl (C=O) groups is 1. The Morgan fingerprint density at radius 2 is 1.96 bits per heavy atom. The van der Waals surface area contributed by atoms with Gasteiger partial charge in [-0.2, -0.15) is 0 Å². The zero-order valence-electron chi connectivity index (χ0n) is 15.8. The number of rotatable bonds is 6. The summed E-state index contributed by atoms with van der Waals surface area (Å²) in [4.78, 5) is 18.6. The quantitative estimate of drug-likeness (QED) is 0.619. The van der Waals surface area contributed by atoms with Gasteiger partial charge in [-0.25, -0.2) is 4.98 Å². The number of fused-ring (bicyclic) bond motifs is 1. The summed E-state index contributed by atoms with van der Waals surface area (Å²) in [5.74, 6) is 1.22. The largest absolute Gasteiger partial charge is 0.493 e. The molecule has 2 heterocycles. The molecule has 1 aromatic heterocycles. The molecule has 1 aliphatic rings. The number of hydrogen-bond acceptors (Lipinski definition) is 5. The van der Waals surface area contributed by atoms with E-state index in [9.17, 15) is 4.79 Å². The molecule has 0 bridgehead atoms. The minimum absolute atomic E-state index is 0.0272. The number of aromatic nitrogens is 1. The number of carbonyl (C=O) groups excluding carboxylic acids is 1. The van der Waals surface area contributed by atoms with E-state index in [1.807, 2.05) is 53.5 Å². The number of thiazole rings is 1. The SMILES string of the molecule is COc1cc(/C=C/c2nc3ccccc3s2)ccc1OCC(=O)N1CCCC1. The van der Waals surface area contributed by atoms with Crippen LogP contribution in [0.5, 0.6) is 11.5 Å². The first-order valence-corrected chi connectivity index (χ1v) is 10.2. The van der Waals surface area contributed by atoms with Crippen molar-refractivity contribution in [1.29, 1.82) is 0 Å². The van der Waals surface area contributed by atoms with Gasteiger partial charge in [0.1, 0.15) is 5.01 Å². The lowest BCUT2D eigenvalue weighted by Gasteiger charge is -2.16. The highest BCUT2D eigenvalue weighted by Crippen LogP contribution is 2.29. The fourth-order valence-corrected chi connectivity index (χ4v) is 4.10. The Balaban J connectivity index is 1.44. The minimum atomic E-state index is 0.0272. The Labute approximate surface area is 168 Å². The summed E-state index contributed by atoms with van der Waals surface area (Å²) in [5, 5.41) is 0.955. The van der Waals surface area contributed by atoms with Gasteiger partial charge in [-0.3, -0.25) is 4.79 Å². The Morgan fingerprint density at radius 3 is 2.75 bits per heavy atom. The second-order valence-corrected chi connectivity index (χ2v) is 7.70. The van der Waals surface area contributed by atoms with Gasteiger partial charge >= 0.3 is 0 Å². The fraction of sp³-hybridized carbons (Fsp3) is 0.273. The summed E-state index contributed by atoms with van der Waals surface area (Å²) >= 11 is 1.66. The Bertz CT molecular complexity index is 973. The third-order valence-corrected chi connectivity index (χ3v) is 5.73. The molecule has 144 valence electrons. The van der Waals surface area contributed by atoms with Crippen LogP contribution in [-0.2, 0) is 4.79 Å². The van der Waals surface area contributed by atoms with Gasteiger partial charge in [-0.1, -0.05) is 24.3 Å². The van der Waals surface area contributed by atoms with Crippen LogP contribution in [0.15, 0.2) is 42.5 Å². The van der Waals surface area contributed by atoms with Crippen LogP contribution in [0.3, 0.4) is 0 Å². The topological polar surface area (TPSA) is 51.7 Å². The van der Waals surface area contributed by atoms with Gasteiger partial charge in [0.15, 0.2) is 18.1 Å². The maximum atomic E-state index is 12.2. The number of ether oxygens (including phenoxy) is 2. The number of hydrogen-bond donors (Lipinski definition) is 0. The van der Waals surface area contributed by atoms with Crippen molar-refractivity contribution in [2.45, 2.75) is 12.8 Å². The smallest absolute Gasteiger partial charge is 0.260 e. The van der Waals surface area contributed by atoms with Crippen molar-refractivity contribution in [1.82, 2.24) is 9.88 Å². The number of methoxy groups -OCH3 is 1. The van der Waals surface area contributed by atoms with E-state index in [0.29, 0.717) is 11.5 Å². The van der Waals surface area contributed by atoms with E-state index in [1.165, 1.54) is 4.70 Å². The molecule has 0 atom stereocenters. The highest BCUT2D eigenvalue weighted by atomic mass is 32.1. The van der Waals surface area contributed by atoms with E-state index in [1.54, 1.807) is 18.4 Å². The lowest BCUT2D eigenvalue weighted by Crippen LogP contribution is -2.32. The van der Waals surface area contributed by atoms with E-state index < -0.39 is 0 Å². The molecule has 1 saturated heterocycles. The first-order chi connectivity index (χ1) is 13.7. The summed E-state index contributed by atoms with van der Waals surface area (Å²) in [6.07, 6.45) is 6.14. The van der Waals surface area contributed by atoms with E-state index in [2.05, 4.69) is 11.1 Å². The van der Waals surface area contributed by atoms with Crippen LogP contribution in [0.2, 0.25) is 0 Å². The molecular weight excluding hydrogens is 372 g/mol. The van der Waals surface area contributed by atoms with Crippen LogP contribution in [0.1, 0.15) is 23.4 Å². The molecule has 28 heavy (non-hydrogen) atoms. The molecular formula is C22H22N2O3S. The Morgan fingerprint density at radius 1 is 1.14 bits per heavy atom. The molecule has 5 nitrogen and oxygen atoms in total. The number of likely N-dealkylation sites (tertiary alicyclic amines) is 1. The van der Waals surface area contributed by atoms with Crippen LogP contribution in [0.4, 0.5) is 0 Å². The van der Waals surface area contributed by atoms with Gasteiger partial charge in [-0.15, -0.1) is 11.3 Å². The van der Waals surface area contributed by atoms with Crippen molar-refractivity contribution < 1.29 is 14.3 Å². The molecule has 4 rings (SSSR count). The molecule has 0 N–H and O–H groups in total. The van der Waals surface area contributed by atoms with Crippen LogP contribution in [-0.4, -0.2) is 42.6 Å². The van der Waals surface area contributed by atoms with E-state index in [4.69, 9.17) is 9.47 Å². The normalized spacial score (nSPS) is 14.1. The first kappa shape index (κ1) is 18.5. The molecule has 0 unspecified atom stereocenters. The van der Waals surface area contributed by atoms with Crippen LogP contribution in [0.25, 0.3) is 22.4 Å². The van der Waals surface area contributed by atoms with Crippen molar-refractivity contribution >= 4 is 39.6 Å². The highest BCUT2D eigenvalue weighted by molar-refractivity contribution is 7.19. The zero-order chi connectivity index (χ0) is 19.3. The van der Waals surface area contributed by atoms with Gasteiger partial charge in [0.2, 0.25) is 0 Å². The summed E-state index contributed by atoms with van der Waals surface area (Å²) < 4.78 is 12.3. The molecule has 1 amide bonds. The standard InChI is InChI=1S/C22H22N2O3S/c1-26-19-14-16(9-11-21-23-17-6-2-3-7-20(17)28-21)8-10-18(19)27-15-22(25)24-12-4-5-13-24/h2-3,6-11,14H,4-5,12-13,15H2,1H3/b11-9+. The average molecular weight is 394 g/mol. The van der Waals surface area contributed by atoms with Crippen molar-refractivity contribution in [3.8, 4) is 11.5 Å². The van der Waals surface area contributed by atoms with Gasteiger partial charge in [0.05, 0.1) is 17.3 Å². The summed E-state index contributed by atoms with van der Waals surface area (Å²) in [5.41, 5.74) is 1.99. The average Bonchev–Trinajstić information content (AvgIpc) is 3.40. The summed E-state index contributed by atoms with van der Waals surface area (Å²) in [7, 11) is 1.60. The Kier molecular flexibility index (Phi) is 5.58. The summed E-state index contributed by atoms with van der Waals surface area (Å²) in [6, 6.07) is 13.8. The molecule has 6 heteroatoms. The lowest BCUT2D eigenvalue weighted by molar-refractivity contribution is -0.132. The number of nitrogens with zero attached hydrogens (tertiary/aromatic N) is 2. The number of benzene rings is 2. The Hall–Kier alpha value is -2.86. The molecule has 0 saturated carbocycles. The van der Waals surface area contributed by atoms with E-state index in [-0.39, 0.29) is 12.5 Å². The zero-order valence-corrected chi connectivity index (χ0v) is 16.6. The fourth-order valence-electron chi connectivity index (χ4n) is 3.23. The third kappa shape index (κ3) is 4.17. The minimum Gasteiger partial charge on any atom is -0.493 e. The molecule has 1 aliphatic heterocycles. The van der Waals surface area contributed by atoms with Crippen LogP contribution >= 0.6 is 11.3 Å². The number of amides is 1. The number of para-hydroxylation sites is 1. The first-order valence-electron chi connectivity index (χ1n) is 9.35. The highest BCUT2D eigenvalue weighted by Gasteiger charge is 2.18. The molecule has 2 aromatic carbocycles. The monoisotopic (exact) mass is 394 g/mol. The van der Waals surface area contributed by atoms with Crippen LogP contribution < -0.4 is 9.47 Å². The van der Waals surface area contributed by atoms with Gasteiger partial charge < -0.3 is 14.4 Å². The lowest BCUT2D eigenvalue weighted by atomic mass is 10.2. The van der Waals surface area contributed by atoms with E-state index >= 15 is 0 Å². The molecule has 0 aliphatic carbocycles. The van der Waals surface area contributed by atoms with Crippen molar-refractivity contribution in [3.05, 3.63) is 53.0 Å². The van der Waals surface area contributed by atoms with Crippen molar-refractivity contribution in [2.75, 3.05) is 26.8 Å². The maximum Gasteiger partial charge on any atom is 0.260 e. The maximum absolute atomic E-state index is 12.2. The van der Waals surface area contributed by atoms with Crippen molar-refractivity contribution in [3.63, 3.8) is 0 Å². The van der Waals surface area contributed by atoms with Gasteiger partial charge in [-0.05, 0) is 48.7 Å². The molecule has 3 aromatic rings. The van der Waals surface area contributed by atoms with Crippen molar-refractivity contribution in [2.24, 2.45) is 0 Å².